The van der Waals surface area contributed by atoms with Crippen molar-refractivity contribution in [3.63, 3.8) is 0 Å². The Morgan fingerprint density at radius 3 is 2.20 bits per heavy atom. The Morgan fingerprint density at radius 2 is 1.73 bits per heavy atom. The highest BCUT2D eigenvalue weighted by Gasteiger charge is 2.17. The lowest BCUT2D eigenvalue weighted by atomic mass is 10.2. The van der Waals surface area contributed by atoms with Crippen LogP contribution in [0.25, 0.3) is 6.08 Å². The van der Waals surface area contributed by atoms with Gasteiger partial charge in [0.2, 0.25) is 8.32 Å². The number of hydrogen-bond acceptors (Lipinski definition) is 2. The summed E-state index contributed by atoms with van der Waals surface area (Å²) in [6, 6.07) is 10.0. The van der Waals surface area contributed by atoms with Crippen LogP contribution in [0.4, 0.5) is 0 Å². The predicted octanol–water partition coefficient (Wildman–Crippen LogP) is 3.48. The number of hydrogen-bond donors (Lipinski definition) is 0. The highest BCUT2D eigenvalue weighted by molar-refractivity contribution is 6.70. The molecule has 0 saturated heterocycles. The Labute approximate surface area is 92.7 Å². The molecule has 0 atom stereocenters. The quantitative estimate of drug-likeness (QED) is 0.573. The maximum Gasteiger partial charge on any atom is 0.265 e. The molecule has 0 aromatic heterocycles. The van der Waals surface area contributed by atoms with Gasteiger partial charge < -0.3 is 9.16 Å². The third-order valence-electron chi connectivity index (χ3n) is 1.69. The van der Waals surface area contributed by atoms with Crippen molar-refractivity contribution in [1.82, 2.24) is 0 Å². The van der Waals surface area contributed by atoms with Crippen LogP contribution in [0, 0.1) is 0 Å². The zero-order valence-corrected chi connectivity index (χ0v) is 10.8. The predicted molar refractivity (Wildman–Crippen MR) is 65.9 cm³/mol. The first kappa shape index (κ1) is 11.8. The third-order valence-corrected chi connectivity index (χ3v) is 2.51. The molecule has 0 spiro atoms. The molecular formula is C12H18O2Si. The van der Waals surface area contributed by atoms with Gasteiger partial charge in [-0.1, -0.05) is 30.3 Å². The second-order valence-electron chi connectivity index (χ2n) is 4.29. The highest BCUT2D eigenvalue weighted by Crippen LogP contribution is 2.14. The third kappa shape index (κ3) is 4.70. The first-order valence-corrected chi connectivity index (χ1v) is 8.42. The van der Waals surface area contributed by atoms with E-state index < -0.39 is 8.32 Å². The van der Waals surface area contributed by atoms with E-state index in [9.17, 15) is 0 Å². The van der Waals surface area contributed by atoms with Gasteiger partial charge in [0.05, 0.1) is 7.11 Å². The van der Waals surface area contributed by atoms with E-state index in [1.54, 1.807) is 7.11 Å². The molecule has 0 aliphatic carbocycles. The number of methoxy groups -OCH3 is 1. The lowest BCUT2D eigenvalue weighted by Crippen LogP contribution is -2.25. The fraction of sp³-hybridized carbons (Fsp3) is 0.333. The van der Waals surface area contributed by atoms with Gasteiger partial charge in [-0.05, 0) is 25.2 Å². The number of ether oxygens (including phenoxy) is 1. The van der Waals surface area contributed by atoms with Gasteiger partial charge in [0.1, 0.15) is 0 Å². The Bertz CT molecular complexity index is 325. The van der Waals surface area contributed by atoms with Crippen LogP contribution in [-0.2, 0) is 9.16 Å². The van der Waals surface area contributed by atoms with Crippen molar-refractivity contribution < 1.29 is 9.16 Å². The summed E-state index contributed by atoms with van der Waals surface area (Å²) in [5.74, 6) is 0.598. The van der Waals surface area contributed by atoms with E-state index in [0.717, 1.165) is 5.56 Å². The van der Waals surface area contributed by atoms with E-state index in [-0.39, 0.29) is 0 Å². The van der Waals surface area contributed by atoms with Crippen LogP contribution in [0.3, 0.4) is 0 Å². The van der Waals surface area contributed by atoms with Crippen LogP contribution < -0.4 is 0 Å². The molecule has 0 bridgehead atoms. The van der Waals surface area contributed by atoms with Gasteiger partial charge in [0.25, 0.3) is 5.95 Å². The smallest absolute Gasteiger partial charge is 0.265 e. The summed E-state index contributed by atoms with van der Waals surface area (Å²) in [7, 11) is 0.0454. The average molecular weight is 222 g/mol. The van der Waals surface area contributed by atoms with E-state index in [2.05, 4.69) is 19.6 Å². The molecule has 0 saturated carbocycles. The molecule has 1 aromatic carbocycles. The molecule has 2 nitrogen and oxygen atoms in total. The van der Waals surface area contributed by atoms with E-state index in [1.165, 1.54) is 0 Å². The number of rotatable bonds is 4. The Kier molecular flexibility index (Phi) is 3.97. The lowest BCUT2D eigenvalue weighted by Gasteiger charge is -2.20. The molecule has 0 aliphatic rings. The molecule has 0 heterocycles. The van der Waals surface area contributed by atoms with Crippen molar-refractivity contribution in [2.24, 2.45) is 0 Å². The van der Waals surface area contributed by atoms with Crippen molar-refractivity contribution >= 4 is 14.4 Å². The molecular weight excluding hydrogens is 204 g/mol. The summed E-state index contributed by atoms with van der Waals surface area (Å²) in [4.78, 5) is 0. The van der Waals surface area contributed by atoms with Crippen molar-refractivity contribution in [2.75, 3.05) is 7.11 Å². The molecule has 3 heteroatoms. The normalized spacial score (nSPS) is 12.4. The van der Waals surface area contributed by atoms with Crippen molar-refractivity contribution in [3.05, 3.63) is 41.8 Å². The van der Waals surface area contributed by atoms with E-state index in [1.807, 2.05) is 36.4 Å². The summed E-state index contributed by atoms with van der Waals surface area (Å²) in [6.45, 7) is 6.39. The summed E-state index contributed by atoms with van der Waals surface area (Å²) in [5.41, 5.74) is 1.09. The monoisotopic (exact) mass is 222 g/mol. The second-order valence-corrected chi connectivity index (χ2v) is 8.72. The zero-order chi connectivity index (χ0) is 11.3. The fourth-order valence-corrected chi connectivity index (χ4v) is 1.86. The van der Waals surface area contributed by atoms with Crippen LogP contribution in [0.2, 0.25) is 19.6 Å². The maximum atomic E-state index is 5.77. The van der Waals surface area contributed by atoms with Crippen LogP contribution in [-0.4, -0.2) is 15.4 Å². The first-order valence-electron chi connectivity index (χ1n) is 5.01. The van der Waals surface area contributed by atoms with Crippen LogP contribution >= 0.6 is 0 Å². The van der Waals surface area contributed by atoms with Gasteiger partial charge in [0.15, 0.2) is 0 Å². The molecule has 0 aliphatic heterocycles. The minimum absolute atomic E-state index is 0.598. The SMILES string of the molecule is COC(=Cc1ccccc1)O[Si](C)(C)C. The number of benzene rings is 1. The van der Waals surface area contributed by atoms with Crippen LogP contribution in [0.5, 0.6) is 0 Å². The van der Waals surface area contributed by atoms with E-state index in [4.69, 9.17) is 9.16 Å². The van der Waals surface area contributed by atoms with Gasteiger partial charge in [0, 0.05) is 6.08 Å². The van der Waals surface area contributed by atoms with Crippen molar-refractivity contribution in [3.8, 4) is 0 Å². The Morgan fingerprint density at radius 1 is 1.13 bits per heavy atom. The summed E-state index contributed by atoms with van der Waals surface area (Å²) < 4.78 is 11.0. The molecule has 1 rings (SSSR count). The maximum absolute atomic E-state index is 5.77. The van der Waals surface area contributed by atoms with Gasteiger partial charge in [-0.2, -0.15) is 0 Å². The summed E-state index contributed by atoms with van der Waals surface area (Å²) in [6.07, 6.45) is 1.91. The zero-order valence-electron chi connectivity index (χ0n) is 9.78. The van der Waals surface area contributed by atoms with Crippen LogP contribution in [0.1, 0.15) is 5.56 Å². The average Bonchev–Trinajstić information content (AvgIpc) is 2.16. The summed E-state index contributed by atoms with van der Waals surface area (Å²) in [5, 5.41) is 0. The Balaban J connectivity index is 2.79. The molecule has 0 N–H and O–H groups in total. The molecule has 15 heavy (non-hydrogen) atoms. The van der Waals surface area contributed by atoms with Crippen molar-refractivity contribution in [1.29, 1.82) is 0 Å². The fourth-order valence-electron chi connectivity index (χ4n) is 1.12. The Hall–Kier alpha value is -1.22. The molecule has 0 unspecified atom stereocenters. The first-order chi connectivity index (χ1) is 7.01. The second kappa shape index (κ2) is 5.03. The van der Waals surface area contributed by atoms with Gasteiger partial charge in [-0.3, -0.25) is 0 Å². The van der Waals surface area contributed by atoms with Crippen LogP contribution in [0.15, 0.2) is 36.3 Å². The molecule has 0 fully saturated rings. The topological polar surface area (TPSA) is 18.5 Å². The highest BCUT2D eigenvalue weighted by atomic mass is 28.4. The largest absolute Gasteiger partial charge is 0.520 e. The molecule has 1 aromatic rings. The van der Waals surface area contributed by atoms with Crippen molar-refractivity contribution in [2.45, 2.75) is 19.6 Å². The van der Waals surface area contributed by atoms with Gasteiger partial charge in [-0.25, -0.2) is 0 Å². The van der Waals surface area contributed by atoms with E-state index >= 15 is 0 Å². The molecule has 82 valence electrons. The van der Waals surface area contributed by atoms with E-state index in [0.29, 0.717) is 5.95 Å². The standard InChI is InChI=1S/C12H18O2Si/c1-13-12(14-15(2,3)4)10-11-8-6-5-7-9-11/h5-10H,1-4H3. The van der Waals surface area contributed by atoms with Gasteiger partial charge in [-0.15, -0.1) is 0 Å². The molecule has 0 amide bonds. The summed E-state index contributed by atoms with van der Waals surface area (Å²) >= 11 is 0. The minimum atomic E-state index is -1.59. The van der Waals surface area contributed by atoms with Gasteiger partial charge >= 0.3 is 0 Å². The minimum Gasteiger partial charge on any atom is -0.520 e. The molecule has 0 radical (unpaired) electrons. The lowest BCUT2D eigenvalue weighted by molar-refractivity contribution is 0.152.